The van der Waals surface area contributed by atoms with Crippen LogP contribution in [0.3, 0.4) is 0 Å². The molecule has 0 saturated carbocycles. The normalized spacial score (nSPS) is 20.3. The molecule has 73 heavy (non-hydrogen) atoms. The summed E-state index contributed by atoms with van der Waals surface area (Å²) < 4.78 is 10.2. The van der Waals surface area contributed by atoms with Crippen LogP contribution in [0.25, 0.3) is 12.2 Å². The van der Waals surface area contributed by atoms with E-state index in [1.54, 1.807) is 27.7 Å². The van der Waals surface area contributed by atoms with E-state index in [9.17, 15) is 19.2 Å². The van der Waals surface area contributed by atoms with Crippen molar-refractivity contribution in [3.05, 3.63) is 127 Å². The van der Waals surface area contributed by atoms with Crippen LogP contribution in [-0.4, -0.2) is 147 Å². The molecule has 2 aromatic carbocycles. The van der Waals surface area contributed by atoms with Gasteiger partial charge in [-0.25, -0.2) is 9.59 Å². The number of hydrogen-bond donors (Lipinski definition) is 0. The van der Waals surface area contributed by atoms with Gasteiger partial charge in [0.25, 0.3) is 0 Å². The molecule has 0 N–H and O–H groups in total. The Morgan fingerprint density at radius 1 is 0.493 bits per heavy atom. The molecule has 5 rings (SSSR count). The molecule has 0 aromatic heterocycles. The van der Waals surface area contributed by atoms with Crippen LogP contribution in [0.5, 0.6) is 0 Å². The van der Waals surface area contributed by atoms with Crippen molar-refractivity contribution in [3.63, 3.8) is 0 Å². The molecule has 6 atom stereocenters. The maximum absolute atomic E-state index is 11.5. The van der Waals surface area contributed by atoms with E-state index in [4.69, 9.17) is 9.47 Å². The van der Waals surface area contributed by atoms with Gasteiger partial charge in [-0.2, -0.15) is 106 Å². The largest absolute Gasteiger partial charge is 0.461 e. The second kappa shape index (κ2) is 39.7. The molecule has 3 fully saturated rings. The van der Waals surface area contributed by atoms with Crippen LogP contribution in [0.15, 0.2) is 115 Å². The lowest BCUT2D eigenvalue weighted by Crippen LogP contribution is -2.25. The third-order valence-electron chi connectivity index (χ3n) is 10.2. The van der Waals surface area contributed by atoms with Gasteiger partial charge in [-0.05, 0) is 67.7 Å². The zero-order valence-corrected chi connectivity index (χ0v) is 52.6. The highest BCUT2D eigenvalue weighted by Gasteiger charge is 2.25. The summed E-state index contributed by atoms with van der Waals surface area (Å²) in [5.74, 6) is 15.5. The topological polar surface area (TPSA) is 86.7 Å². The predicted molar refractivity (Wildman–Crippen MR) is 348 cm³/mol. The Balaban J connectivity index is 0.000000293. The Bertz CT molecular complexity index is 1970. The quantitative estimate of drug-likeness (QED) is 0.0368. The van der Waals surface area contributed by atoms with Gasteiger partial charge in [0.05, 0.1) is 0 Å². The molecule has 0 radical (unpaired) electrons. The second-order valence-corrected chi connectivity index (χ2v) is 31.4. The van der Waals surface area contributed by atoms with Gasteiger partial charge in [-0.15, -0.1) is 11.8 Å². The van der Waals surface area contributed by atoms with Gasteiger partial charge >= 0.3 is 11.9 Å². The molecule has 3 saturated heterocycles. The van der Waals surface area contributed by atoms with E-state index >= 15 is 0 Å². The smallest absolute Gasteiger partial charge is 0.333 e. The number of thioether (sulfide) groups is 12. The van der Waals surface area contributed by atoms with Crippen LogP contribution in [-0.2, 0) is 34.4 Å². The van der Waals surface area contributed by atoms with Crippen LogP contribution < -0.4 is 0 Å². The fourth-order valence-electron chi connectivity index (χ4n) is 5.92. The molecular formula is C55H74O6S12. The summed E-state index contributed by atoms with van der Waals surface area (Å²) >= 11 is 22.7. The maximum Gasteiger partial charge on any atom is 0.333 e. The molecule has 18 heteroatoms. The van der Waals surface area contributed by atoms with Crippen molar-refractivity contribution in [2.75, 3.05) is 93.8 Å². The van der Waals surface area contributed by atoms with E-state index in [2.05, 4.69) is 123 Å². The highest BCUT2D eigenvalue weighted by atomic mass is 32.2. The Morgan fingerprint density at radius 3 is 1.18 bits per heavy atom. The van der Waals surface area contributed by atoms with E-state index in [0.29, 0.717) is 56.5 Å². The van der Waals surface area contributed by atoms with Crippen LogP contribution in [0.2, 0.25) is 0 Å². The minimum atomic E-state index is -0.303. The standard InChI is InChI=1S/C23H26S4.C18H28O4S4.C14H20O2S4/c1-3-18-5-7-20(8-6-18)13-24-14-22-15-27-23(17-26-22)16-25-21-11-9-19(4-2)10-12-21;1-13(2)17(19)21-5-7-23-9-15-11-26-16(12-25-15)10-24-8-6-22-18(20)14(3)4;1-9(2)13(15)19-7-11-5-18-12(6-17-11)8-20-14(16)10(3)4/h3-12,22-23H,1-2,13-17H2;15-16H,1,3,5-12H2,2,4H3;11-12H,1,3,5-8H2,2,4H3. The molecule has 0 amide bonds. The van der Waals surface area contributed by atoms with Gasteiger partial charge in [0.2, 0.25) is 10.2 Å². The van der Waals surface area contributed by atoms with E-state index in [1.807, 2.05) is 94.5 Å². The molecule has 3 heterocycles. The fourth-order valence-corrected chi connectivity index (χ4v) is 22.6. The maximum atomic E-state index is 11.5. The predicted octanol–water partition coefficient (Wildman–Crippen LogP) is 15.0. The van der Waals surface area contributed by atoms with Crippen molar-refractivity contribution in [1.29, 1.82) is 0 Å². The summed E-state index contributed by atoms with van der Waals surface area (Å²) in [5.41, 5.74) is 5.95. The van der Waals surface area contributed by atoms with Gasteiger partial charge in [0, 0.05) is 134 Å². The number of ether oxygens (including phenoxy) is 2. The summed E-state index contributed by atoms with van der Waals surface area (Å²) in [6.45, 7) is 29.8. The Kier molecular flexibility index (Phi) is 36.2. The van der Waals surface area contributed by atoms with Crippen molar-refractivity contribution in [1.82, 2.24) is 0 Å². The van der Waals surface area contributed by atoms with E-state index < -0.39 is 0 Å². The molecule has 0 spiro atoms. The van der Waals surface area contributed by atoms with Crippen LogP contribution in [0.4, 0.5) is 0 Å². The Morgan fingerprint density at radius 2 is 0.836 bits per heavy atom. The van der Waals surface area contributed by atoms with Gasteiger partial charge in [0.1, 0.15) is 13.2 Å². The molecule has 6 unspecified atom stereocenters. The molecule has 6 nitrogen and oxygen atoms in total. The summed E-state index contributed by atoms with van der Waals surface area (Å²) in [5, 5.41) is 4.13. The summed E-state index contributed by atoms with van der Waals surface area (Å²) in [4.78, 5) is 46.9. The minimum Gasteiger partial charge on any atom is -0.461 e. The molecule has 0 bridgehead atoms. The lowest BCUT2D eigenvalue weighted by Gasteiger charge is -2.27. The number of rotatable bonds is 27. The molecular weight excluding hydrogens is 1140 g/mol. The average molecular weight is 1220 g/mol. The van der Waals surface area contributed by atoms with E-state index in [1.165, 1.54) is 79.6 Å². The Hall–Kier alpha value is -0.640. The molecule has 3 aliphatic heterocycles. The third-order valence-corrected chi connectivity index (χ3v) is 28.0. The first-order valence-corrected chi connectivity index (χ1v) is 36.6. The fraction of sp³-hybridized carbons (Fsp3) is 0.491. The molecule has 402 valence electrons. The second-order valence-electron chi connectivity index (χ2n) is 17.0. The van der Waals surface area contributed by atoms with Crippen LogP contribution >= 0.6 is 141 Å². The molecule has 2 aromatic rings. The van der Waals surface area contributed by atoms with Crippen molar-refractivity contribution in [2.24, 2.45) is 0 Å². The average Bonchev–Trinajstić information content (AvgIpc) is 3.40. The van der Waals surface area contributed by atoms with E-state index in [0.717, 1.165) is 62.3 Å². The van der Waals surface area contributed by atoms with Crippen molar-refractivity contribution in [2.45, 2.75) is 69.8 Å². The summed E-state index contributed by atoms with van der Waals surface area (Å²) in [6.07, 6.45) is 3.80. The number of carbonyl (C=O) groups is 4. The van der Waals surface area contributed by atoms with Gasteiger partial charge in [0.15, 0.2) is 0 Å². The summed E-state index contributed by atoms with van der Waals surface area (Å²) in [6, 6.07) is 17.5. The van der Waals surface area contributed by atoms with Gasteiger partial charge < -0.3 is 9.47 Å². The molecule has 0 aliphatic carbocycles. The van der Waals surface area contributed by atoms with Crippen LogP contribution in [0, 0.1) is 0 Å². The van der Waals surface area contributed by atoms with Crippen molar-refractivity contribution in [3.8, 4) is 0 Å². The summed E-state index contributed by atoms with van der Waals surface area (Å²) in [7, 11) is 0. The van der Waals surface area contributed by atoms with Crippen molar-refractivity contribution >= 4 is 175 Å². The van der Waals surface area contributed by atoms with E-state index in [-0.39, 0.29) is 22.2 Å². The Labute approximate surface area is 489 Å². The van der Waals surface area contributed by atoms with Crippen molar-refractivity contribution < 1.29 is 28.7 Å². The zero-order valence-electron chi connectivity index (χ0n) is 42.8. The number of esters is 2. The lowest BCUT2D eigenvalue weighted by atomic mass is 10.1. The number of benzene rings is 2. The highest BCUT2D eigenvalue weighted by molar-refractivity contribution is 8.16. The lowest BCUT2D eigenvalue weighted by molar-refractivity contribution is -0.139. The first-order valence-electron chi connectivity index (χ1n) is 23.9. The number of hydrogen-bond acceptors (Lipinski definition) is 18. The van der Waals surface area contributed by atoms with Gasteiger partial charge in [-0.1, -0.05) is 112 Å². The van der Waals surface area contributed by atoms with Crippen LogP contribution in [0.1, 0.15) is 44.4 Å². The first kappa shape index (κ1) is 66.6. The third kappa shape index (κ3) is 30.3. The highest BCUT2D eigenvalue weighted by Crippen LogP contribution is 2.37. The monoisotopic (exact) mass is 1210 g/mol. The van der Waals surface area contributed by atoms with Gasteiger partial charge in [-0.3, -0.25) is 9.59 Å². The molecule has 3 aliphatic rings. The zero-order chi connectivity index (χ0) is 53.4. The minimum absolute atomic E-state index is 0.0975. The SMILES string of the molecule is C=C(C)C(=O)OCCSCC1CSC(CSCCOC(=O)C(=C)C)CS1.C=C(C)C(=O)SCC1CSC(CSC(=O)C(=C)C)CS1.C=Cc1ccc(CSCC2CSC(CSc3ccc(C=C)cc3)CS2)cc1. The first-order chi connectivity index (χ1) is 35.1. The number of carbonyl (C=O) groups excluding carboxylic acids is 4.